The van der Waals surface area contributed by atoms with Crippen molar-refractivity contribution in [1.82, 2.24) is 0 Å². The van der Waals surface area contributed by atoms with Crippen LogP contribution in [0.25, 0.3) is 0 Å². The summed E-state index contributed by atoms with van der Waals surface area (Å²) in [5.41, 5.74) is 2.74. The number of hydrogen-bond acceptors (Lipinski definition) is 6. The minimum absolute atomic E-state index is 0.0573. The molecule has 0 aliphatic rings. The van der Waals surface area contributed by atoms with E-state index in [0.29, 0.717) is 20.9 Å². The van der Waals surface area contributed by atoms with E-state index in [1.807, 2.05) is 24.3 Å². The predicted molar refractivity (Wildman–Crippen MR) is 117 cm³/mol. The van der Waals surface area contributed by atoms with Gasteiger partial charge in [-0.1, -0.05) is 41.5 Å². The average Bonchev–Trinajstić information content (AvgIpc) is 2.59. The van der Waals surface area contributed by atoms with Gasteiger partial charge in [0.05, 0.1) is 23.0 Å². The van der Waals surface area contributed by atoms with Crippen molar-refractivity contribution in [2.75, 3.05) is 0 Å². The zero-order valence-corrected chi connectivity index (χ0v) is 19.0. The lowest BCUT2D eigenvalue weighted by Gasteiger charge is -2.23. The first kappa shape index (κ1) is 22.9. The molecule has 0 fully saturated rings. The second-order valence-electron chi connectivity index (χ2n) is 8.95. The van der Waals surface area contributed by atoms with Gasteiger partial charge in [0, 0.05) is 11.1 Å². The Labute approximate surface area is 175 Å². The number of aliphatic hydroxyl groups excluding tert-OH is 2. The molecule has 0 amide bonds. The van der Waals surface area contributed by atoms with Crippen LogP contribution in [-0.4, -0.2) is 20.4 Å². The average molecular weight is 423 g/mol. The summed E-state index contributed by atoms with van der Waals surface area (Å²) in [7, 11) is 2.65. The van der Waals surface area contributed by atoms with Crippen LogP contribution in [0.3, 0.4) is 0 Å². The molecule has 0 saturated carbocycles. The van der Waals surface area contributed by atoms with E-state index in [0.717, 1.165) is 11.1 Å². The number of phenols is 2. The molecular weight excluding hydrogens is 392 g/mol. The van der Waals surface area contributed by atoms with E-state index in [1.165, 1.54) is 21.6 Å². The van der Waals surface area contributed by atoms with Crippen LogP contribution in [0.5, 0.6) is 11.5 Å². The molecule has 0 aliphatic carbocycles. The third-order valence-electron chi connectivity index (χ3n) is 4.60. The maximum Gasteiger partial charge on any atom is 0.135 e. The predicted octanol–water partition coefficient (Wildman–Crippen LogP) is 5.48. The summed E-state index contributed by atoms with van der Waals surface area (Å²) in [6.45, 7) is 12.0. The second-order valence-corrected chi connectivity index (χ2v) is 11.2. The van der Waals surface area contributed by atoms with Crippen molar-refractivity contribution in [3.8, 4) is 11.5 Å². The van der Waals surface area contributed by atoms with Crippen LogP contribution in [0.1, 0.15) is 63.8 Å². The van der Waals surface area contributed by atoms with E-state index in [1.54, 1.807) is 0 Å². The van der Waals surface area contributed by atoms with Gasteiger partial charge in [-0.3, -0.25) is 0 Å². The first-order valence-electron chi connectivity index (χ1n) is 9.17. The molecular formula is C22H30O4S2. The minimum Gasteiger partial charge on any atom is -0.506 e. The summed E-state index contributed by atoms with van der Waals surface area (Å²) >= 11 is 0. The summed E-state index contributed by atoms with van der Waals surface area (Å²) in [6, 6.07) is 7.49. The molecule has 0 radical (unpaired) electrons. The standard InChI is InChI=1S/C22H30O4S2/c1-21(2,3)15-7-13(11-23)19(25)17(9-15)27-28-18-10-16(22(4,5)6)8-14(12-24)20(18)26/h7-10,23-26H,11-12H2,1-6H3. The van der Waals surface area contributed by atoms with Gasteiger partial charge in [-0.2, -0.15) is 0 Å². The van der Waals surface area contributed by atoms with Crippen LogP contribution in [-0.2, 0) is 24.0 Å². The SMILES string of the molecule is CC(C)(C)c1cc(CO)c(O)c(SSc2cc(C(C)(C)C)cc(CO)c2O)c1. The Balaban J connectivity index is 2.44. The molecule has 0 heterocycles. The zero-order chi connectivity index (χ0) is 21.3. The molecule has 0 unspecified atom stereocenters. The van der Waals surface area contributed by atoms with Gasteiger partial charge in [0.2, 0.25) is 0 Å². The van der Waals surface area contributed by atoms with Crippen LogP contribution in [0.15, 0.2) is 34.1 Å². The Morgan fingerprint density at radius 2 is 0.964 bits per heavy atom. The number of hydrogen-bond donors (Lipinski definition) is 4. The summed E-state index contributed by atoms with van der Waals surface area (Å²) in [5, 5.41) is 40.3. The van der Waals surface area contributed by atoms with Gasteiger partial charge in [-0.15, -0.1) is 0 Å². The van der Waals surface area contributed by atoms with E-state index >= 15 is 0 Å². The fraction of sp³-hybridized carbons (Fsp3) is 0.455. The lowest BCUT2D eigenvalue weighted by molar-refractivity contribution is 0.273. The molecule has 4 nitrogen and oxygen atoms in total. The summed E-state index contributed by atoms with van der Waals surface area (Å²) in [4.78, 5) is 1.26. The Bertz CT molecular complexity index is 778. The monoisotopic (exact) mass is 422 g/mol. The molecule has 2 rings (SSSR count). The maximum atomic E-state index is 10.5. The van der Waals surface area contributed by atoms with E-state index < -0.39 is 0 Å². The fourth-order valence-corrected chi connectivity index (χ4v) is 4.91. The molecule has 28 heavy (non-hydrogen) atoms. The largest absolute Gasteiger partial charge is 0.506 e. The molecule has 2 aromatic carbocycles. The topological polar surface area (TPSA) is 80.9 Å². The van der Waals surface area contributed by atoms with Crippen molar-refractivity contribution in [3.05, 3.63) is 46.5 Å². The van der Waals surface area contributed by atoms with Crippen molar-refractivity contribution in [2.24, 2.45) is 0 Å². The number of rotatable bonds is 5. The Morgan fingerprint density at radius 3 is 1.21 bits per heavy atom. The van der Waals surface area contributed by atoms with Crippen molar-refractivity contribution in [2.45, 2.75) is 75.4 Å². The van der Waals surface area contributed by atoms with Gasteiger partial charge in [-0.05, 0) is 67.8 Å². The van der Waals surface area contributed by atoms with Crippen LogP contribution < -0.4 is 0 Å². The molecule has 4 N–H and O–H groups in total. The first-order valence-corrected chi connectivity index (χ1v) is 11.3. The highest BCUT2D eigenvalue weighted by molar-refractivity contribution is 8.76. The number of aromatic hydroxyl groups is 2. The molecule has 0 spiro atoms. The lowest BCUT2D eigenvalue weighted by Crippen LogP contribution is -2.12. The highest BCUT2D eigenvalue weighted by Gasteiger charge is 2.21. The summed E-state index contributed by atoms with van der Waals surface area (Å²) in [6.07, 6.45) is 0. The molecule has 0 bridgehead atoms. The van der Waals surface area contributed by atoms with Crippen molar-refractivity contribution in [3.63, 3.8) is 0 Å². The van der Waals surface area contributed by atoms with E-state index in [9.17, 15) is 20.4 Å². The van der Waals surface area contributed by atoms with Gasteiger partial charge >= 0.3 is 0 Å². The van der Waals surface area contributed by atoms with Crippen LogP contribution >= 0.6 is 21.6 Å². The second kappa shape index (κ2) is 8.57. The van der Waals surface area contributed by atoms with E-state index in [4.69, 9.17) is 0 Å². The van der Waals surface area contributed by atoms with Gasteiger partial charge in [-0.25, -0.2) is 0 Å². The van der Waals surface area contributed by atoms with Crippen LogP contribution in [0.2, 0.25) is 0 Å². The maximum absolute atomic E-state index is 10.5. The summed E-state index contributed by atoms with van der Waals surface area (Å²) in [5.74, 6) is 0.115. The Morgan fingerprint density at radius 1 is 0.643 bits per heavy atom. The Kier molecular flexibility index (Phi) is 7.03. The molecule has 154 valence electrons. The van der Waals surface area contributed by atoms with Crippen molar-refractivity contribution < 1.29 is 20.4 Å². The van der Waals surface area contributed by atoms with Crippen LogP contribution in [0, 0.1) is 0 Å². The molecule has 0 atom stereocenters. The molecule has 0 aromatic heterocycles. The highest BCUT2D eigenvalue weighted by Crippen LogP contribution is 2.48. The van der Waals surface area contributed by atoms with Crippen molar-refractivity contribution >= 4 is 21.6 Å². The lowest BCUT2D eigenvalue weighted by atomic mass is 9.86. The van der Waals surface area contributed by atoms with Gasteiger partial charge < -0.3 is 20.4 Å². The molecule has 0 aliphatic heterocycles. The molecule has 6 heteroatoms. The van der Waals surface area contributed by atoms with Gasteiger partial charge in [0.25, 0.3) is 0 Å². The quantitative estimate of drug-likeness (QED) is 0.478. The third-order valence-corrected chi connectivity index (χ3v) is 6.99. The van der Waals surface area contributed by atoms with Crippen molar-refractivity contribution in [1.29, 1.82) is 0 Å². The minimum atomic E-state index is -0.243. The Hall–Kier alpha value is -1.34. The summed E-state index contributed by atoms with van der Waals surface area (Å²) < 4.78 is 0. The normalized spacial score (nSPS) is 12.4. The zero-order valence-electron chi connectivity index (χ0n) is 17.3. The molecule has 2 aromatic rings. The number of aliphatic hydroxyl groups is 2. The van der Waals surface area contributed by atoms with Crippen LogP contribution in [0.4, 0.5) is 0 Å². The number of benzene rings is 2. The smallest absolute Gasteiger partial charge is 0.135 e. The van der Waals surface area contributed by atoms with Gasteiger partial charge in [0.1, 0.15) is 11.5 Å². The van der Waals surface area contributed by atoms with E-state index in [-0.39, 0.29) is 35.5 Å². The molecule has 0 saturated heterocycles. The fourth-order valence-electron chi connectivity index (χ4n) is 2.66. The first-order chi connectivity index (χ1) is 12.9. The highest BCUT2D eigenvalue weighted by atomic mass is 33.1. The van der Waals surface area contributed by atoms with Gasteiger partial charge in [0.15, 0.2) is 0 Å². The third kappa shape index (κ3) is 5.17. The van der Waals surface area contributed by atoms with E-state index in [2.05, 4.69) is 41.5 Å².